The van der Waals surface area contributed by atoms with Crippen molar-refractivity contribution in [3.05, 3.63) is 71.6 Å². The SMILES string of the molecule is CCc1ccccc1NC(=O)CN1C(=O)N/C(=C/c2cn(CC#N)c3ccccc23)C1=O. The molecule has 0 spiro atoms. The zero-order valence-corrected chi connectivity index (χ0v) is 17.5. The third-order valence-electron chi connectivity index (χ3n) is 5.30. The third kappa shape index (κ3) is 3.96. The van der Waals surface area contributed by atoms with Crippen LogP contribution in [-0.2, 0) is 22.6 Å². The molecule has 1 aromatic heterocycles. The van der Waals surface area contributed by atoms with Gasteiger partial charge in [0.25, 0.3) is 5.91 Å². The predicted molar refractivity (Wildman–Crippen MR) is 120 cm³/mol. The van der Waals surface area contributed by atoms with Gasteiger partial charge in [0.15, 0.2) is 0 Å². The molecular formula is C24H21N5O3. The standard InChI is InChI=1S/C24H21N5O3/c1-2-16-7-3-5-9-19(16)26-22(30)15-29-23(31)20(27-24(29)32)13-17-14-28(12-11-25)21-10-6-4-8-18(17)21/h3-10,13-14H,2,12,15H2,1H3,(H,26,30)(H,27,32)/b20-13+. The first-order chi connectivity index (χ1) is 15.5. The van der Waals surface area contributed by atoms with Crippen molar-refractivity contribution in [2.45, 2.75) is 19.9 Å². The number of imide groups is 1. The summed E-state index contributed by atoms with van der Waals surface area (Å²) in [7, 11) is 0. The van der Waals surface area contributed by atoms with E-state index >= 15 is 0 Å². The van der Waals surface area contributed by atoms with Crippen molar-refractivity contribution in [1.29, 1.82) is 5.26 Å². The molecule has 0 saturated carbocycles. The summed E-state index contributed by atoms with van der Waals surface area (Å²) in [6, 6.07) is 16.3. The highest BCUT2D eigenvalue weighted by Crippen LogP contribution is 2.25. The van der Waals surface area contributed by atoms with Crippen LogP contribution in [0.25, 0.3) is 17.0 Å². The van der Waals surface area contributed by atoms with Crippen LogP contribution in [0.4, 0.5) is 10.5 Å². The van der Waals surface area contributed by atoms with E-state index in [-0.39, 0.29) is 12.2 Å². The van der Waals surface area contributed by atoms with E-state index in [1.54, 1.807) is 22.9 Å². The number of hydrogen-bond donors (Lipinski definition) is 2. The lowest BCUT2D eigenvalue weighted by molar-refractivity contribution is -0.127. The van der Waals surface area contributed by atoms with Gasteiger partial charge in [-0.15, -0.1) is 0 Å². The van der Waals surface area contributed by atoms with Gasteiger partial charge in [0.1, 0.15) is 18.8 Å². The number of para-hydroxylation sites is 2. The van der Waals surface area contributed by atoms with Crippen molar-refractivity contribution in [2.24, 2.45) is 0 Å². The molecule has 0 unspecified atom stereocenters. The number of aryl methyl sites for hydroxylation is 1. The molecule has 1 aliphatic rings. The highest BCUT2D eigenvalue weighted by molar-refractivity contribution is 6.16. The lowest BCUT2D eigenvalue weighted by atomic mass is 10.1. The normalized spacial score (nSPS) is 14.6. The lowest BCUT2D eigenvalue weighted by Crippen LogP contribution is -2.38. The second kappa shape index (κ2) is 8.78. The van der Waals surface area contributed by atoms with Crippen LogP contribution in [0.3, 0.4) is 0 Å². The number of anilines is 1. The molecule has 160 valence electrons. The number of hydrogen-bond acceptors (Lipinski definition) is 4. The predicted octanol–water partition coefficient (Wildman–Crippen LogP) is 3.26. The van der Waals surface area contributed by atoms with Crippen molar-refractivity contribution in [1.82, 2.24) is 14.8 Å². The third-order valence-corrected chi connectivity index (χ3v) is 5.30. The minimum atomic E-state index is -0.652. The molecule has 3 aromatic rings. The van der Waals surface area contributed by atoms with E-state index in [9.17, 15) is 14.4 Å². The molecule has 1 aliphatic heterocycles. The molecule has 32 heavy (non-hydrogen) atoms. The number of aromatic nitrogens is 1. The Kier molecular flexibility index (Phi) is 5.73. The van der Waals surface area contributed by atoms with Gasteiger partial charge in [-0.05, 0) is 30.2 Å². The number of nitrogens with one attached hydrogen (secondary N) is 2. The van der Waals surface area contributed by atoms with Crippen molar-refractivity contribution in [3.8, 4) is 6.07 Å². The van der Waals surface area contributed by atoms with E-state index in [1.807, 2.05) is 49.4 Å². The molecule has 1 saturated heterocycles. The zero-order valence-electron chi connectivity index (χ0n) is 17.5. The van der Waals surface area contributed by atoms with Gasteiger partial charge in [-0.2, -0.15) is 5.26 Å². The number of nitrogens with zero attached hydrogens (tertiary/aromatic N) is 3. The maximum Gasteiger partial charge on any atom is 0.329 e. The number of urea groups is 1. The van der Waals surface area contributed by atoms with Gasteiger partial charge in [0.2, 0.25) is 5.91 Å². The van der Waals surface area contributed by atoms with Crippen LogP contribution in [0, 0.1) is 11.3 Å². The largest absolute Gasteiger partial charge is 0.333 e. The first-order valence-corrected chi connectivity index (χ1v) is 10.2. The quantitative estimate of drug-likeness (QED) is 0.465. The minimum absolute atomic E-state index is 0.0802. The monoisotopic (exact) mass is 427 g/mol. The van der Waals surface area contributed by atoms with Crippen molar-refractivity contribution < 1.29 is 14.4 Å². The molecule has 4 amide bonds. The smallest absolute Gasteiger partial charge is 0.329 e. The summed E-state index contributed by atoms with van der Waals surface area (Å²) in [6.07, 6.45) is 4.07. The van der Waals surface area contributed by atoms with Gasteiger partial charge in [0.05, 0.1) is 6.07 Å². The number of carbonyl (C=O) groups is 3. The average molecular weight is 427 g/mol. The fourth-order valence-corrected chi connectivity index (χ4v) is 3.75. The Labute approximate surface area is 184 Å². The first-order valence-electron chi connectivity index (χ1n) is 10.2. The van der Waals surface area contributed by atoms with Gasteiger partial charge in [0, 0.05) is 28.4 Å². The average Bonchev–Trinajstić information content (AvgIpc) is 3.27. The van der Waals surface area contributed by atoms with E-state index in [0.29, 0.717) is 11.3 Å². The van der Waals surface area contributed by atoms with Crippen LogP contribution in [-0.4, -0.2) is 33.9 Å². The number of fused-ring (bicyclic) bond motifs is 1. The van der Waals surface area contributed by atoms with Gasteiger partial charge in [-0.1, -0.05) is 43.3 Å². The summed E-state index contributed by atoms with van der Waals surface area (Å²) in [5.41, 5.74) is 3.25. The summed E-state index contributed by atoms with van der Waals surface area (Å²) < 4.78 is 1.78. The van der Waals surface area contributed by atoms with Crippen LogP contribution in [0.15, 0.2) is 60.4 Å². The Hall–Kier alpha value is -4.38. The van der Waals surface area contributed by atoms with E-state index < -0.39 is 24.4 Å². The second-order valence-corrected chi connectivity index (χ2v) is 7.33. The molecule has 2 N–H and O–H groups in total. The number of rotatable bonds is 6. The second-order valence-electron chi connectivity index (χ2n) is 7.33. The summed E-state index contributed by atoms with van der Waals surface area (Å²) in [5.74, 6) is -1.03. The fraction of sp³-hybridized carbons (Fsp3) is 0.167. The van der Waals surface area contributed by atoms with Gasteiger partial charge < -0.3 is 15.2 Å². The molecule has 0 radical (unpaired) electrons. The van der Waals surface area contributed by atoms with Crippen LogP contribution >= 0.6 is 0 Å². The first kappa shape index (κ1) is 20.9. The van der Waals surface area contributed by atoms with Crippen LogP contribution < -0.4 is 10.6 Å². The Morgan fingerprint density at radius 1 is 1.16 bits per heavy atom. The maximum atomic E-state index is 12.8. The summed E-state index contributed by atoms with van der Waals surface area (Å²) in [4.78, 5) is 38.6. The molecule has 0 atom stereocenters. The van der Waals surface area contributed by atoms with Crippen LogP contribution in [0.1, 0.15) is 18.1 Å². The highest BCUT2D eigenvalue weighted by Gasteiger charge is 2.35. The number of carbonyl (C=O) groups excluding carboxylic acids is 3. The summed E-state index contributed by atoms with van der Waals surface area (Å²) in [5, 5.41) is 15.2. The Bertz CT molecular complexity index is 1300. The van der Waals surface area contributed by atoms with Crippen LogP contribution in [0.2, 0.25) is 0 Å². The molecule has 0 bridgehead atoms. The number of amides is 4. The molecule has 2 aromatic carbocycles. The molecular weight excluding hydrogens is 406 g/mol. The van der Waals surface area contributed by atoms with E-state index in [1.165, 1.54) is 0 Å². The molecule has 8 nitrogen and oxygen atoms in total. The molecule has 4 rings (SSSR count). The van der Waals surface area contributed by atoms with Gasteiger partial charge >= 0.3 is 6.03 Å². The summed E-state index contributed by atoms with van der Waals surface area (Å²) >= 11 is 0. The topological polar surface area (TPSA) is 107 Å². The number of benzene rings is 2. The molecule has 1 fully saturated rings. The van der Waals surface area contributed by atoms with E-state index in [2.05, 4.69) is 16.7 Å². The Morgan fingerprint density at radius 2 is 1.91 bits per heavy atom. The van der Waals surface area contributed by atoms with Crippen molar-refractivity contribution in [3.63, 3.8) is 0 Å². The summed E-state index contributed by atoms with van der Waals surface area (Å²) in [6.45, 7) is 1.75. The molecule has 2 heterocycles. The van der Waals surface area contributed by atoms with Gasteiger partial charge in [-0.25, -0.2) is 9.69 Å². The number of nitriles is 1. The fourth-order valence-electron chi connectivity index (χ4n) is 3.75. The lowest BCUT2D eigenvalue weighted by Gasteiger charge is -2.13. The minimum Gasteiger partial charge on any atom is -0.333 e. The Morgan fingerprint density at radius 3 is 2.69 bits per heavy atom. The van der Waals surface area contributed by atoms with E-state index in [4.69, 9.17) is 5.26 Å². The van der Waals surface area contributed by atoms with E-state index in [0.717, 1.165) is 27.8 Å². The zero-order chi connectivity index (χ0) is 22.7. The highest BCUT2D eigenvalue weighted by atomic mass is 16.2. The van der Waals surface area contributed by atoms with Gasteiger partial charge in [-0.3, -0.25) is 9.59 Å². The van der Waals surface area contributed by atoms with Crippen molar-refractivity contribution in [2.75, 3.05) is 11.9 Å². The van der Waals surface area contributed by atoms with Crippen molar-refractivity contribution >= 4 is 40.5 Å². The Balaban J connectivity index is 1.54. The van der Waals surface area contributed by atoms with Crippen LogP contribution in [0.5, 0.6) is 0 Å². The molecule has 0 aliphatic carbocycles. The molecule has 8 heteroatoms. The maximum absolute atomic E-state index is 12.8.